The zero-order valence-corrected chi connectivity index (χ0v) is 10.6. The number of hydrogen-bond acceptors (Lipinski definition) is 4. The first kappa shape index (κ1) is 13.8. The van der Waals surface area contributed by atoms with Gasteiger partial charge < -0.3 is 10.4 Å². The van der Waals surface area contributed by atoms with Crippen LogP contribution >= 0.6 is 11.8 Å². The molecule has 1 aromatic carbocycles. The molecule has 1 aromatic rings. The smallest absolute Gasteiger partial charge is 0.143 e. The standard InChI is InChI=1S/C12H15FN2OS/c1-8(12(7-16)17-2)15-10-4-3-9(6-14)11(13)5-10/h3-5,8,12,15-16H,7H2,1-2H3. The number of hydrogen-bond donors (Lipinski definition) is 2. The largest absolute Gasteiger partial charge is 0.395 e. The summed E-state index contributed by atoms with van der Waals surface area (Å²) in [6.45, 7) is 1.99. The molecule has 0 aliphatic carbocycles. The summed E-state index contributed by atoms with van der Waals surface area (Å²) in [6.07, 6.45) is 1.92. The van der Waals surface area contributed by atoms with Crippen molar-refractivity contribution >= 4 is 17.4 Å². The van der Waals surface area contributed by atoms with Crippen LogP contribution in [0.5, 0.6) is 0 Å². The third kappa shape index (κ3) is 3.62. The van der Waals surface area contributed by atoms with Crippen LogP contribution in [0, 0.1) is 17.1 Å². The molecule has 0 spiro atoms. The van der Waals surface area contributed by atoms with E-state index in [0.29, 0.717) is 5.69 Å². The molecule has 2 atom stereocenters. The van der Waals surface area contributed by atoms with E-state index in [0.717, 1.165) is 0 Å². The molecule has 0 aromatic heterocycles. The van der Waals surface area contributed by atoms with E-state index in [1.165, 1.54) is 12.1 Å². The lowest BCUT2D eigenvalue weighted by Crippen LogP contribution is -2.30. The lowest BCUT2D eigenvalue weighted by atomic mass is 10.2. The Balaban J connectivity index is 2.76. The molecule has 0 amide bonds. The fraction of sp³-hybridized carbons (Fsp3) is 0.417. The van der Waals surface area contributed by atoms with Gasteiger partial charge >= 0.3 is 0 Å². The molecule has 0 aliphatic heterocycles. The quantitative estimate of drug-likeness (QED) is 0.846. The van der Waals surface area contributed by atoms with Gasteiger partial charge in [-0.1, -0.05) is 0 Å². The van der Waals surface area contributed by atoms with Gasteiger partial charge in [0.1, 0.15) is 11.9 Å². The first-order valence-corrected chi connectivity index (χ1v) is 6.51. The first-order valence-electron chi connectivity index (χ1n) is 5.22. The minimum atomic E-state index is -0.533. The predicted molar refractivity (Wildman–Crippen MR) is 68.6 cm³/mol. The summed E-state index contributed by atoms with van der Waals surface area (Å²) in [6, 6.07) is 6.19. The number of nitrogens with zero attached hydrogens (tertiary/aromatic N) is 1. The highest BCUT2D eigenvalue weighted by Crippen LogP contribution is 2.18. The van der Waals surface area contributed by atoms with Gasteiger partial charge in [-0.3, -0.25) is 0 Å². The van der Waals surface area contributed by atoms with Gasteiger partial charge in [-0.05, 0) is 31.4 Å². The van der Waals surface area contributed by atoms with Crippen molar-refractivity contribution in [3.63, 3.8) is 0 Å². The Morgan fingerprint density at radius 2 is 2.29 bits per heavy atom. The van der Waals surface area contributed by atoms with Crippen molar-refractivity contribution in [2.24, 2.45) is 0 Å². The van der Waals surface area contributed by atoms with Crippen molar-refractivity contribution < 1.29 is 9.50 Å². The highest BCUT2D eigenvalue weighted by atomic mass is 32.2. The van der Waals surface area contributed by atoms with E-state index < -0.39 is 5.82 Å². The Morgan fingerprint density at radius 3 is 2.76 bits per heavy atom. The fourth-order valence-electron chi connectivity index (χ4n) is 1.49. The van der Waals surface area contributed by atoms with E-state index in [2.05, 4.69) is 5.32 Å². The second-order valence-corrected chi connectivity index (χ2v) is 4.77. The van der Waals surface area contributed by atoms with Crippen molar-refractivity contribution in [2.45, 2.75) is 18.2 Å². The van der Waals surface area contributed by atoms with Gasteiger partial charge in [-0.2, -0.15) is 17.0 Å². The van der Waals surface area contributed by atoms with E-state index in [4.69, 9.17) is 10.4 Å². The Labute approximate surface area is 105 Å². The normalized spacial score (nSPS) is 13.8. The molecule has 2 unspecified atom stereocenters. The zero-order valence-electron chi connectivity index (χ0n) is 9.77. The number of aliphatic hydroxyl groups is 1. The molecular weight excluding hydrogens is 239 g/mol. The van der Waals surface area contributed by atoms with Crippen molar-refractivity contribution in [1.29, 1.82) is 5.26 Å². The number of rotatable bonds is 5. The van der Waals surface area contributed by atoms with E-state index >= 15 is 0 Å². The molecule has 2 N–H and O–H groups in total. The van der Waals surface area contributed by atoms with Crippen LogP contribution in [0.25, 0.3) is 0 Å². The second-order valence-electron chi connectivity index (χ2n) is 3.70. The van der Waals surface area contributed by atoms with Crippen LogP contribution in [-0.4, -0.2) is 29.3 Å². The highest BCUT2D eigenvalue weighted by molar-refractivity contribution is 7.99. The molecule has 0 bridgehead atoms. The SMILES string of the molecule is CSC(CO)C(C)Nc1ccc(C#N)c(F)c1. The lowest BCUT2D eigenvalue weighted by molar-refractivity contribution is 0.288. The van der Waals surface area contributed by atoms with E-state index in [-0.39, 0.29) is 23.5 Å². The summed E-state index contributed by atoms with van der Waals surface area (Å²) in [5.41, 5.74) is 0.647. The van der Waals surface area contributed by atoms with Gasteiger partial charge in [-0.25, -0.2) is 4.39 Å². The third-order valence-electron chi connectivity index (χ3n) is 2.52. The molecular formula is C12H15FN2OS. The second kappa shape index (κ2) is 6.48. The molecule has 3 nitrogen and oxygen atoms in total. The average molecular weight is 254 g/mol. The Kier molecular flexibility index (Phi) is 5.26. The summed E-state index contributed by atoms with van der Waals surface area (Å²) in [4.78, 5) is 0. The predicted octanol–water partition coefficient (Wildman–Crippen LogP) is 2.22. The van der Waals surface area contributed by atoms with Gasteiger partial charge in [-0.15, -0.1) is 0 Å². The summed E-state index contributed by atoms with van der Waals surface area (Å²) in [5, 5.41) is 20.9. The van der Waals surface area contributed by atoms with Crippen LogP contribution in [-0.2, 0) is 0 Å². The van der Waals surface area contributed by atoms with Crippen LogP contribution in [0.2, 0.25) is 0 Å². The number of benzene rings is 1. The van der Waals surface area contributed by atoms with E-state index in [9.17, 15) is 4.39 Å². The molecule has 1 rings (SSSR count). The van der Waals surface area contributed by atoms with Crippen molar-refractivity contribution in [2.75, 3.05) is 18.2 Å². The molecule has 0 fully saturated rings. The lowest BCUT2D eigenvalue weighted by Gasteiger charge is -2.22. The van der Waals surface area contributed by atoms with Crippen LogP contribution in [0.3, 0.4) is 0 Å². The highest BCUT2D eigenvalue weighted by Gasteiger charge is 2.15. The van der Waals surface area contributed by atoms with E-state index in [1.54, 1.807) is 23.9 Å². The third-order valence-corrected chi connectivity index (χ3v) is 3.69. The van der Waals surface area contributed by atoms with Crippen molar-refractivity contribution in [3.8, 4) is 6.07 Å². The van der Waals surface area contributed by atoms with Crippen LogP contribution in [0.4, 0.5) is 10.1 Å². The van der Waals surface area contributed by atoms with Crippen LogP contribution in [0.15, 0.2) is 18.2 Å². The Bertz CT molecular complexity index is 415. The van der Waals surface area contributed by atoms with Gasteiger partial charge in [0.05, 0.1) is 12.2 Å². The molecule has 0 aliphatic rings. The Hall–Kier alpha value is -1.25. The summed E-state index contributed by atoms with van der Waals surface area (Å²) >= 11 is 1.55. The van der Waals surface area contributed by atoms with Gasteiger partial charge in [0.2, 0.25) is 0 Å². The molecule has 0 radical (unpaired) electrons. The Morgan fingerprint density at radius 1 is 1.59 bits per heavy atom. The van der Waals surface area contributed by atoms with Gasteiger partial charge in [0.25, 0.3) is 0 Å². The summed E-state index contributed by atoms with van der Waals surface area (Å²) < 4.78 is 13.3. The van der Waals surface area contributed by atoms with Crippen LogP contribution in [0.1, 0.15) is 12.5 Å². The number of halogens is 1. The molecule has 17 heavy (non-hydrogen) atoms. The van der Waals surface area contributed by atoms with Gasteiger partial charge in [0, 0.05) is 17.0 Å². The number of nitrogens with one attached hydrogen (secondary N) is 1. The zero-order chi connectivity index (χ0) is 12.8. The molecule has 5 heteroatoms. The fourth-order valence-corrected chi connectivity index (χ4v) is 2.11. The number of thioether (sulfide) groups is 1. The topological polar surface area (TPSA) is 56.0 Å². The molecule has 0 saturated carbocycles. The monoisotopic (exact) mass is 254 g/mol. The van der Waals surface area contributed by atoms with Crippen molar-refractivity contribution in [1.82, 2.24) is 0 Å². The average Bonchev–Trinajstić information content (AvgIpc) is 2.31. The van der Waals surface area contributed by atoms with E-state index in [1.807, 2.05) is 13.2 Å². The maximum atomic E-state index is 13.3. The van der Waals surface area contributed by atoms with Crippen LogP contribution < -0.4 is 5.32 Å². The number of aliphatic hydroxyl groups excluding tert-OH is 1. The first-order chi connectivity index (χ1) is 8.12. The molecule has 0 heterocycles. The minimum absolute atomic E-state index is 0.0161. The van der Waals surface area contributed by atoms with Crippen molar-refractivity contribution in [3.05, 3.63) is 29.6 Å². The number of anilines is 1. The summed E-state index contributed by atoms with van der Waals surface area (Å²) in [5.74, 6) is -0.533. The summed E-state index contributed by atoms with van der Waals surface area (Å²) in [7, 11) is 0. The van der Waals surface area contributed by atoms with Gasteiger partial charge in [0.15, 0.2) is 0 Å². The minimum Gasteiger partial charge on any atom is -0.395 e. The number of nitriles is 1. The molecule has 92 valence electrons. The maximum absolute atomic E-state index is 13.3. The maximum Gasteiger partial charge on any atom is 0.143 e. The molecule has 0 saturated heterocycles.